The van der Waals surface area contributed by atoms with Crippen LogP contribution in [-0.2, 0) is 21.4 Å². The van der Waals surface area contributed by atoms with E-state index in [1.165, 1.54) is 37.6 Å². The molecule has 1 aromatic carbocycles. The van der Waals surface area contributed by atoms with Gasteiger partial charge in [0.25, 0.3) is 15.8 Å². The molecule has 0 spiro atoms. The molecule has 0 aliphatic carbocycles. The first kappa shape index (κ1) is 21.0. The number of benzene rings is 1. The summed E-state index contributed by atoms with van der Waals surface area (Å²) in [6.45, 7) is -0.254. The average molecular weight is 459 g/mol. The maximum absolute atomic E-state index is 12.6. The first-order chi connectivity index (χ1) is 14.9. The van der Waals surface area contributed by atoms with Crippen molar-refractivity contribution < 1.29 is 22.4 Å². The van der Waals surface area contributed by atoms with Crippen molar-refractivity contribution >= 4 is 27.3 Å². The number of furan rings is 1. The number of carbonyl (C=O) groups excluding carboxylic acids is 1. The van der Waals surface area contributed by atoms with Crippen molar-refractivity contribution in [3.63, 3.8) is 0 Å². The van der Waals surface area contributed by atoms with Crippen molar-refractivity contribution in [1.29, 1.82) is 0 Å². The summed E-state index contributed by atoms with van der Waals surface area (Å²) in [6.07, 6.45) is 0. The van der Waals surface area contributed by atoms with Gasteiger partial charge in [-0.1, -0.05) is 24.3 Å². The molecule has 0 unspecified atom stereocenters. The lowest BCUT2D eigenvalue weighted by atomic mass is 10.3. The van der Waals surface area contributed by atoms with Gasteiger partial charge in [0.05, 0.1) is 10.6 Å². The highest BCUT2D eigenvalue weighted by molar-refractivity contribution is 7.88. The van der Waals surface area contributed by atoms with Crippen LogP contribution >= 0.6 is 11.3 Å². The van der Waals surface area contributed by atoms with Crippen molar-refractivity contribution in [1.82, 2.24) is 19.1 Å². The zero-order valence-corrected chi connectivity index (χ0v) is 18.3. The van der Waals surface area contributed by atoms with E-state index in [9.17, 15) is 13.2 Å². The molecule has 0 atom stereocenters. The molecule has 4 aromatic rings. The SMILES string of the molecule is CN(C)S(=O)(=O)c1ccc(COC(=O)c2nc(-c3cccs3)n(-c3ccccc3)n2)o1. The van der Waals surface area contributed by atoms with Crippen LogP contribution in [0.2, 0.25) is 0 Å². The largest absolute Gasteiger partial charge is 0.452 e. The van der Waals surface area contributed by atoms with E-state index in [4.69, 9.17) is 9.15 Å². The highest BCUT2D eigenvalue weighted by Crippen LogP contribution is 2.26. The van der Waals surface area contributed by atoms with Crippen LogP contribution in [0.25, 0.3) is 16.4 Å². The lowest BCUT2D eigenvalue weighted by molar-refractivity contribution is 0.0426. The van der Waals surface area contributed by atoms with Crippen LogP contribution in [0.5, 0.6) is 0 Å². The number of esters is 1. The standard InChI is InChI=1S/C20H18N4O5S2/c1-23(2)31(26,27)17-11-10-15(29-17)13-28-20(25)18-21-19(16-9-6-12-30-16)24(22-18)14-7-4-3-5-8-14/h3-12H,13H2,1-2H3. The second kappa shape index (κ2) is 8.46. The Hall–Kier alpha value is -3.28. The van der Waals surface area contributed by atoms with Gasteiger partial charge in [0.2, 0.25) is 5.09 Å². The van der Waals surface area contributed by atoms with E-state index in [-0.39, 0.29) is 23.3 Å². The molecule has 0 saturated heterocycles. The summed E-state index contributed by atoms with van der Waals surface area (Å²) in [5, 5.41) is 6.00. The lowest BCUT2D eigenvalue weighted by Gasteiger charge is -2.07. The van der Waals surface area contributed by atoms with Gasteiger partial charge in [-0.3, -0.25) is 0 Å². The molecule has 0 fully saturated rings. The van der Waals surface area contributed by atoms with Crippen LogP contribution in [0.1, 0.15) is 16.4 Å². The van der Waals surface area contributed by atoms with Gasteiger partial charge in [0, 0.05) is 14.1 Å². The summed E-state index contributed by atoms with van der Waals surface area (Å²) >= 11 is 1.48. The van der Waals surface area contributed by atoms with E-state index in [1.54, 1.807) is 4.68 Å². The van der Waals surface area contributed by atoms with E-state index in [1.807, 2.05) is 47.8 Å². The molecular weight excluding hydrogens is 440 g/mol. The molecule has 0 aliphatic heterocycles. The van der Waals surface area contributed by atoms with Crippen molar-refractivity contribution in [2.24, 2.45) is 0 Å². The number of rotatable bonds is 7. The Balaban J connectivity index is 1.55. The van der Waals surface area contributed by atoms with E-state index in [0.29, 0.717) is 5.82 Å². The highest BCUT2D eigenvalue weighted by Gasteiger charge is 2.23. The first-order valence-corrected chi connectivity index (χ1v) is 11.4. The van der Waals surface area contributed by atoms with Crippen LogP contribution in [0.3, 0.4) is 0 Å². The Morgan fingerprint density at radius 2 is 1.90 bits per heavy atom. The summed E-state index contributed by atoms with van der Waals surface area (Å²) in [5.41, 5.74) is 0.752. The van der Waals surface area contributed by atoms with Gasteiger partial charge in [-0.2, -0.15) is 4.98 Å². The van der Waals surface area contributed by atoms with Crippen LogP contribution in [0, 0.1) is 0 Å². The molecular formula is C20H18N4O5S2. The van der Waals surface area contributed by atoms with Crippen LogP contribution in [0.4, 0.5) is 0 Å². The Morgan fingerprint density at radius 3 is 2.58 bits per heavy atom. The fourth-order valence-electron chi connectivity index (χ4n) is 2.67. The summed E-state index contributed by atoms with van der Waals surface area (Å²) in [4.78, 5) is 17.8. The van der Waals surface area contributed by atoms with Gasteiger partial charge in [-0.25, -0.2) is 22.2 Å². The van der Waals surface area contributed by atoms with Crippen molar-refractivity contribution in [3.8, 4) is 16.4 Å². The van der Waals surface area contributed by atoms with Gasteiger partial charge >= 0.3 is 5.97 Å². The third-order valence-corrected chi connectivity index (χ3v) is 6.80. The topological polar surface area (TPSA) is 108 Å². The average Bonchev–Trinajstić information content (AvgIpc) is 3.53. The molecule has 3 aromatic heterocycles. The fourth-order valence-corrected chi connectivity index (χ4v) is 4.18. The molecule has 0 N–H and O–H groups in total. The molecule has 4 rings (SSSR count). The second-order valence-electron chi connectivity index (χ2n) is 6.57. The number of thiophene rings is 1. The van der Waals surface area contributed by atoms with Gasteiger partial charge in [0.1, 0.15) is 12.4 Å². The predicted octanol–water partition coefficient (Wildman–Crippen LogP) is 3.20. The number of ether oxygens (including phenoxy) is 1. The minimum Gasteiger partial charge on any atom is -0.452 e. The lowest BCUT2D eigenvalue weighted by Crippen LogP contribution is -2.21. The van der Waals surface area contributed by atoms with E-state index < -0.39 is 16.0 Å². The molecule has 3 heterocycles. The number of sulfonamides is 1. The highest BCUT2D eigenvalue weighted by atomic mass is 32.2. The predicted molar refractivity (Wildman–Crippen MR) is 113 cm³/mol. The number of hydrogen-bond donors (Lipinski definition) is 0. The Kier molecular flexibility index (Phi) is 5.72. The number of hydrogen-bond acceptors (Lipinski definition) is 8. The Labute approximate surface area is 182 Å². The van der Waals surface area contributed by atoms with Crippen LogP contribution in [-0.4, -0.2) is 47.6 Å². The van der Waals surface area contributed by atoms with Gasteiger partial charge in [-0.15, -0.1) is 16.4 Å². The smallest absolute Gasteiger partial charge is 0.378 e. The normalized spacial score (nSPS) is 11.7. The Morgan fingerprint density at radius 1 is 1.13 bits per heavy atom. The van der Waals surface area contributed by atoms with Crippen LogP contribution in [0.15, 0.2) is 69.5 Å². The summed E-state index contributed by atoms with van der Waals surface area (Å²) < 4.78 is 37.4. The zero-order chi connectivity index (χ0) is 22.0. The van der Waals surface area contributed by atoms with E-state index in [2.05, 4.69) is 10.1 Å². The third-order valence-electron chi connectivity index (χ3n) is 4.25. The quantitative estimate of drug-likeness (QED) is 0.391. The van der Waals surface area contributed by atoms with Gasteiger partial charge in [-0.05, 0) is 35.7 Å². The minimum absolute atomic E-state index is 0.111. The van der Waals surface area contributed by atoms with Crippen LogP contribution < -0.4 is 0 Å². The fraction of sp³-hybridized carbons (Fsp3) is 0.150. The third kappa shape index (κ3) is 4.29. The number of para-hydroxylation sites is 1. The first-order valence-electron chi connectivity index (χ1n) is 9.11. The molecule has 0 saturated carbocycles. The number of carbonyl (C=O) groups is 1. The molecule has 160 valence electrons. The molecule has 31 heavy (non-hydrogen) atoms. The Bertz CT molecular complexity index is 1290. The maximum atomic E-state index is 12.6. The zero-order valence-electron chi connectivity index (χ0n) is 16.6. The summed E-state index contributed by atoms with van der Waals surface area (Å²) in [6, 6.07) is 15.9. The summed E-state index contributed by atoms with van der Waals surface area (Å²) in [7, 11) is -0.905. The second-order valence-corrected chi connectivity index (χ2v) is 9.60. The van der Waals surface area contributed by atoms with E-state index in [0.717, 1.165) is 14.9 Å². The monoisotopic (exact) mass is 458 g/mol. The minimum atomic E-state index is -3.71. The maximum Gasteiger partial charge on any atom is 0.378 e. The van der Waals surface area contributed by atoms with Crippen molar-refractivity contribution in [2.75, 3.05) is 14.1 Å². The number of nitrogens with zero attached hydrogens (tertiary/aromatic N) is 4. The molecule has 0 radical (unpaired) electrons. The molecule has 0 bridgehead atoms. The van der Waals surface area contributed by atoms with Gasteiger partial charge < -0.3 is 9.15 Å². The number of aromatic nitrogens is 3. The molecule has 9 nitrogen and oxygen atoms in total. The molecule has 11 heteroatoms. The molecule has 0 amide bonds. The van der Waals surface area contributed by atoms with Crippen molar-refractivity contribution in [3.05, 3.63) is 71.6 Å². The molecule has 0 aliphatic rings. The van der Waals surface area contributed by atoms with Gasteiger partial charge in [0.15, 0.2) is 5.82 Å². The van der Waals surface area contributed by atoms with Crippen molar-refractivity contribution in [2.45, 2.75) is 11.7 Å². The van der Waals surface area contributed by atoms with E-state index >= 15 is 0 Å². The summed E-state index contributed by atoms with van der Waals surface area (Å²) in [5.74, 6) is -0.152.